The Morgan fingerprint density at radius 1 is 1.41 bits per heavy atom. The summed E-state index contributed by atoms with van der Waals surface area (Å²) in [5.74, 6) is 0. The van der Waals surface area contributed by atoms with Crippen molar-refractivity contribution in [3.63, 3.8) is 0 Å². The van der Waals surface area contributed by atoms with Crippen LogP contribution in [0.1, 0.15) is 12.5 Å². The first-order valence-electron chi connectivity index (χ1n) is 5.09. The number of rotatable bonds is 5. The molecule has 0 bridgehead atoms. The van der Waals surface area contributed by atoms with E-state index in [-0.39, 0.29) is 12.6 Å². The zero-order valence-electron chi connectivity index (χ0n) is 9.43. The monoisotopic (exact) mass is 274 g/mol. The SMILES string of the molecule is CC(CN)NS(=O)(=O)C=Cc1ccc(Cl)cc1. The van der Waals surface area contributed by atoms with Gasteiger partial charge in [-0.05, 0) is 30.7 Å². The quantitative estimate of drug-likeness (QED) is 0.856. The smallest absolute Gasteiger partial charge is 0.234 e. The fourth-order valence-corrected chi connectivity index (χ4v) is 2.31. The molecule has 17 heavy (non-hydrogen) atoms. The second kappa shape index (κ2) is 6.16. The summed E-state index contributed by atoms with van der Waals surface area (Å²) in [6, 6.07) is 6.59. The van der Waals surface area contributed by atoms with Crippen molar-refractivity contribution in [2.75, 3.05) is 6.54 Å². The van der Waals surface area contributed by atoms with Crippen LogP contribution in [0.3, 0.4) is 0 Å². The van der Waals surface area contributed by atoms with E-state index in [1.165, 1.54) is 6.08 Å². The average molecular weight is 275 g/mol. The van der Waals surface area contributed by atoms with Gasteiger partial charge in [-0.3, -0.25) is 0 Å². The van der Waals surface area contributed by atoms with E-state index in [1.54, 1.807) is 31.2 Å². The molecule has 0 radical (unpaired) electrons. The summed E-state index contributed by atoms with van der Waals surface area (Å²) in [5.41, 5.74) is 6.10. The highest BCUT2D eigenvalue weighted by atomic mass is 35.5. The normalized spacial score (nSPS) is 14.1. The number of sulfonamides is 1. The zero-order valence-corrected chi connectivity index (χ0v) is 11.0. The standard InChI is InChI=1S/C11H15ClN2O2S/c1-9(8-13)14-17(15,16)7-6-10-2-4-11(12)5-3-10/h2-7,9,14H,8,13H2,1H3. The molecule has 3 N–H and O–H groups in total. The fourth-order valence-electron chi connectivity index (χ4n) is 1.11. The van der Waals surface area contributed by atoms with Gasteiger partial charge in [0.25, 0.3) is 0 Å². The minimum Gasteiger partial charge on any atom is -0.329 e. The van der Waals surface area contributed by atoms with Gasteiger partial charge in [-0.25, -0.2) is 13.1 Å². The molecule has 0 heterocycles. The topological polar surface area (TPSA) is 72.2 Å². The Bertz CT molecular complexity index is 483. The van der Waals surface area contributed by atoms with Gasteiger partial charge in [-0.1, -0.05) is 23.7 Å². The number of benzene rings is 1. The number of hydrogen-bond donors (Lipinski definition) is 2. The molecule has 0 aliphatic rings. The molecule has 94 valence electrons. The molecule has 6 heteroatoms. The van der Waals surface area contributed by atoms with Crippen LogP contribution < -0.4 is 10.5 Å². The molecule has 0 saturated heterocycles. The van der Waals surface area contributed by atoms with E-state index in [1.807, 2.05) is 0 Å². The summed E-state index contributed by atoms with van der Waals surface area (Å²) in [5, 5.41) is 1.72. The summed E-state index contributed by atoms with van der Waals surface area (Å²) < 4.78 is 25.5. The van der Waals surface area contributed by atoms with Gasteiger partial charge < -0.3 is 5.73 Å². The van der Waals surface area contributed by atoms with Crippen LogP contribution in [-0.2, 0) is 10.0 Å². The van der Waals surface area contributed by atoms with Crippen LogP contribution in [0.15, 0.2) is 29.7 Å². The fraction of sp³-hybridized carbons (Fsp3) is 0.273. The Morgan fingerprint density at radius 2 is 2.00 bits per heavy atom. The number of nitrogens with two attached hydrogens (primary N) is 1. The van der Waals surface area contributed by atoms with E-state index < -0.39 is 10.0 Å². The Balaban J connectivity index is 2.73. The van der Waals surface area contributed by atoms with E-state index in [9.17, 15) is 8.42 Å². The molecule has 1 aromatic carbocycles. The third-order valence-corrected chi connectivity index (χ3v) is 3.51. The predicted octanol–water partition coefficient (Wildman–Crippen LogP) is 1.58. The van der Waals surface area contributed by atoms with E-state index in [2.05, 4.69) is 4.72 Å². The van der Waals surface area contributed by atoms with Crippen LogP contribution in [0.4, 0.5) is 0 Å². The predicted molar refractivity (Wildman–Crippen MR) is 71.1 cm³/mol. The first-order valence-corrected chi connectivity index (χ1v) is 7.01. The van der Waals surface area contributed by atoms with Crippen molar-refractivity contribution in [2.45, 2.75) is 13.0 Å². The molecule has 1 unspecified atom stereocenters. The van der Waals surface area contributed by atoms with Gasteiger partial charge >= 0.3 is 0 Å². The van der Waals surface area contributed by atoms with Gasteiger partial charge in [-0.15, -0.1) is 0 Å². The van der Waals surface area contributed by atoms with Gasteiger partial charge in [0.2, 0.25) is 10.0 Å². The van der Waals surface area contributed by atoms with Crippen molar-refractivity contribution in [1.29, 1.82) is 0 Å². The molecule has 0 aromatic heterocycles. The first kappa shape index (κ1) is 14.2. The van der Waals surface area contributed by atoms with Crippen LogP contribution >= 0.6 is 11.6 Å². The Hall–Kier alpha value is -0.880. The number of hydrogen-bond acceptors (Lipinski definition) is 3. The van der Waals surface area contributed by atoms with Crippen molar-refractivity contribution >= 4 is 27.7 Å². The highest BCUT2D eigenvalue weighted by molar-refractivity contribution is 7.92. The molecule has 0 amide bonds. The summed E-state index contributed by atoms with van der Waals surface area (Å²) in [6.45, 7) is 1.96. The zero-order chi connectivity index (χ0) is 12.9. The van der Waals surface area contributed by atoms with E-state index in [0.717, 1.165) is 11.0 Å². The maximum absolute atomic E-state index is 11.6. The second-order valence-corrected chi connectivity index (χ2v) is 5.69. The molecule has 1 rings (SSSR count). The van der Waals surface area contributed by atoms with Crippen molar-refractivity contribution in [3.05, 3.63) is 40.3 Å². The first-order chi connectivity index (χ1) is 7.93. The molecule has 1 aromatic rings. The maximum atomic E-state index is 11.6. The Labute approximate surface area is 107 Å². The number of nitrogens with one attached hydrogen (secondary N) is 1. The van der Waals surface area contributed by atoms with E-state index in [0.29, 0.717) is 5.02 Å². The van der Waals surface area contributed by atoms with Crippen LogP contribution in [0, 0.1) is 0 Å². The van der Waals surface area contributed by atoms with Crippen LogP contribution in [-0.4, -0.2) is 21.0 Å². The largest absolute Gasteiger partial charge is 0.329 e. The van der Waals surface area contributed by atoms with Gasteiger partial charge in [0.05, 0.1) is 0 Å². The molecule has 0 saturated carbocycles. The van der Waals surface area contributed by atoms with Gasteiger partial charge in [-0.2, -0.15) is 0 Å². The number of halogens is 1. The third-order valence-electron chi connectivity index (χ3n) is 2.03. The lowest BCUT2D eigenvalue weighted by Gasteiger charge is -2.08. The van der Waals surface area contributed by atoms with Gasteiger partial charge in [0.15, 0.2) is 0 Å². The molecule has 1 atom stereocenters. The molecular weight excluding hydrogens is 260 g/mol. The second-order valence-electron chi connectivity index (χ2n) is 3.65. The van der Waals surface area contributed by atoms with Crippen molar-refractivity contribution in [2.24, 2.45) is 5.73 Å². The lowest BCUT2D eigenvalue weighted by atomic mass is 10.2. The summed E-state index contributed by atoms with van der Waals surface area (Å²) in [6.07, 6.45) is 1.50. The summed E-state index contributed by atoms with van der Waals surface area (Å²) >= 11 is 5.72. The lowest BCUT2D eigenvalue weighted by Crippen LogP contribution is -2.36. The Kier molecular flexibility index (Phi) is 5.14. The molecule has 0 aliphatic heterocycles. The molecule has 0 aliphatic carbocycles. The average Bonchev–Trinajstić information content (AvgIpc) is 2.28. The van der Waals surface area contributed by atoms with Gasteiger partial charge in [0.1, 0.15) is 0 Å². The van der Waals surface area contributed by atoms with Crippen LogP contribution in [0.5, 0.6) is 0 Å². The maximum Gasteiger partial charge on any atom is 0.234 e. The van der Waals surface area contributed by atoms with E-state index in [4.69, 9.17) is 17.3 Å². The molecule has 0 fully saturated rings. The minimum absolute atomic E-state index is 0.258. The summed E-state index contributed by atoms with van der Waals surface area (Å²) in [7, 11) is -3.44. The lowest BCUT2D eigenvalue weighted by molar-refractivity contribution is 0.572. The Morgan fingerprint density at radius 3 is 2.53 bits per heavy atom. The molecule has 4 nitrogen and oxygen atoms in total. The van der Waals surface area contributed by atoms with E-state index >= 15 is 0 Å². The highest BCUT2D eigenvalue weighted by Gasteiger charge is 2.08. The molecule has 0 spiro atoms. The van der Waals surface area contributed by atoms with Crippen molar-refractivity contribution in [3.8, 4) is 0 Å². The van der Waals surface area contributed by atoms with Crippen molar-refractivity contribution < 1.29 is 8.42 Å². The van der Waals surface area contributed by atoms with Gasteiger partial charge in [0, 0.05) is 23.0 Å². The molecular formula is C11H15ClN2O2S. The highest BCUT2D eigenvalue weighted by Crippen LogP contribution is 2.11. The summed E-state index contributed by atoms with van der Waals surface area (Å²) in [4.78, 5) is 0. The van der Waals surface area contributed by atoms with Crippen molar-refractivity contribution in [1.82, 2.24) is 4.72 Å². The third kappa shape index (κ3) is 5.32. The minimum atomic E-state index is -3.44. The van der Waals surface area contributed by atoms with Crippen LogP contribution in [0.2, 0.25) is 5.02 Å². The van der Waals surface area contributed by atoms with Crippen LogP contribution in [0.25, 0.3) is 6.08 Å².